The molecule has 1 aromatic heterocycles. The van der Waals surface area contributed by atoms with E-state index in [-0.39, 0.29) is 34.3 Å². The number of β-lactam (4-membered cyclic amide) rings is 1. The molecule has 0 spiro atoms. The van der Waals surface area contributed by atoms with Gasteiger partial charge >= 0.3 is 11.9 Å². The lowest BCUT2D eigenvalue weighted by Gasteiger charge is -2.49. The SMILES string of the molecule is CC(C)(C)OC(=O)CON=C(C(=O)NC1C(=O)N2C(C(=O)OC(c3ccccc3)c3ccccc3)=C(CCl)CS(=O)[C@H]12)c1cscn1. The summed E-state index contributed by atoms with van der Waals surface area (Å²) in [4.78, 5) is 63.1. The van der Waals surface area contributed by atoms with Gasteiger partial charge in [-0.15, -0.1) is 22.9 Å². The van der Waals surface area contributed by atoms with E-state index in [1.165, 1.54) is 22.2 Å². The van der Waals surface area contributed by atoms with Crippen LogP contribution in [0.5, 0.6) is 0 Å². The molecular formula is C32H31ClN4O8S2. The highest BCUT2D eigenvalue weighted by Crippen LogP contribution is 2.37. The van der Waals surface area contributed by atoms with Gasteiger partial charge in [0, 0.05) is 11.3 Å². The van der Waals surface area contributed by atoms with Crippen molar-refractivity contribution < 1.29 is 37.7 Å². The lowest BCUT2D eigenvalue weighted by molar-refractivity contribution is -0.160. The van der Waals surface area contributed by atoms with Crippen LogP contribution in [0.4, 0.5) is 0 Å². The van der Waals surface area contributed by atoms with Gasteiger partial charge in [0.05, 0.1) is 22.1 Å². The number of alkyl halides is 1. The normalized spacial score (nSPS) is 19.5. The molecule has 2 aliphatic rings. The molecular weight excluding hydrogens is 668 g/mol. The van der Waals surface area contributed by atoms with Crippen molar-refractivity contribution in [1.29, 1.82) is 0 Å². The second kappa shape index (κ2) is 14.6. The van der Waals surface area contributed by atoms with Crippen LogP contribution in [0.2, 0.25) is 0 Å². The van der Waals surface area contributed by atoms with Crippen molar-refractivity contribution in [3.8, 4) is 0 Å². The molecule has 12 nitrogen and oxygen atoms in total. The molecule has 47 heavy (non-hydrogen) atoms. The number of hydrogen-bond donors (Lipinski definition) is 1. The molecule has 246 valence electrons. The van der Waals surface area contributed by atoms with E-state index >= 15 is 0 Å². The van der Waals surface area contributed by atoms with Crippen molar-refractivity contribution in [2.75, 3.05) is 18.2 Å². The molecule has 0 saturated carbocycles. The number of benzene rings is 2. The molecule has 3 aromatic rings. The molecule has 15 heteroatoms. The number of ether oxygens (including phenoxy) is 2. The second-order valence-electron chi connectivity index (χ2n) is 11.4. The van der Waals surface area contributed by atoms with E-state index in [4.69, 9.17) is 25.9 Å². The van der Waals surface area contributed by atoms with E-state index in [0.717, 1.165) is 4.90 Å². The highest BCUT2D eigenvalue weighted by atomic mass is 35.5. The van der Waals surface area contributed by atoms with Crippen molar-refractivity contribution in [3.05, 3.63) is 99.6 Å². The van der Waals surface area contributed by atoms with Crippen LogP contribution in [0.3, 0.4) is 0 Å². The predicted octanol–water partition coefficient (Wildman–Crippen LogP) is 3.45. The molecule has 1 N–H and O–H groups in total. The maximum atomic E-state index is 13.8. The van der Waals surface area contributed by atoms with Gasteiger partial charge in [0.2, 0.25) is 6.61 Å². The van der Waals surface area contributed by atoms with Crippen LogP contribution < -0.4 is 5.32 Å². The van der Waals surface area contributed by atoms with Gasteiger partial charge in [-0.25, -0.2) is 14.6 Å². The maximum absolute atomic E-state index is 13.8. The standard InChI is InChI=1S/C32H31ClN4O8S2/c1-32(2,3)45-23(38)15-43-36-24(22-16-46-18-34-22)28(39)35-25-29(40)37-26(21(14-33)17-47(42)30(25)37)31(41)44-27(19-10-6-4-7-11-19)20-12-8-5-9-13-20/h4-13,16,18,25,27,30H,14-15,17H2,1-3H3,(H,35,39)/t25?,30-,47?/m1/s1. The summed E-state index contributed by atoms with van der Waals surface area (Å²) in [6.45, 7) is 4.50. The molecule has 2 amide bonds. The quantitative estimate of drug-likeness (QED) is 0.104. The fourth-order valence-electron chi connectivity index (χ4n) is 4.96. The summed E-state index contributed by atoms with van der Waals surface area (Å²) in [5.74, 6) is -3.35. The fourth-order valence-corrected chi connectivity index (χ4v) is 7.51. The predicted molar refractivity (Wildman–Crippen MR) is 175 cm³/mol. The number of oxime groups is 1. The van der Waals surface area contributed by atoms with Crippen molar-refractivity contribution in [1.82, 2.24) is 15.2 Å². The Balaban J connectivity index is 1.35. The van der Waals surface area contributed by atoms with Crippen LogP contribution in [-0.4, -0.2) is 78.8 Å². The third-order valence-corrected chi connectivity index (χ3v) is 9.49. The number of fused-ring (bicyclic) bond motifs is 1. The number of carbonyl (C=O) groups is 4. The van der Waals surface area contributed by atoms with Crippen LogP contribution in [0.15, 0.2) is 88.0 Å². The number of amides is 2. The summed E-state index contributed by atoms with van der Waals surface area (Å²) in [5, 5.41) is 6.81. The highest BCUT2D eigenvalue weighted by molar-refractivity contribution is 7.86. The lowest BCUT2D eigenvalue weighted by Crippen LogP contribution is -2.74. The zero-order valence-corrected chi connectivity index (χ0v) is 28.0. The van der Waals surface area contributed by atoms with E-state index in [1.807, 2.05) is 60.7 Å². The number of carbonyl (C=O) groups excluding carboxylic acids is 4. The molecule has 3 heterocycles. The Kier molecular flexibility index (Phi) is 10.5. The first-order valence-corrected chi connectivity index (χ1v) is 17.2. The van der Waals surface area contributed by atoms with Crippen LogP contribution in [0.25, 0.3) is 0 Å². The first kappa shape index (κ1) is 33.9. The minimum Gasteiger partial charge on any atom is -0.457 e. The van der Waals surface area contributed by atoms with E-state index in [1.54, 1.807) is 20.8 Å². The number of aromatic nitrogens is 1. The number of halogens is 1. The van der Waals surface area contributed by atoms with Crippen LogP contribution in [0, 0.1) is 0 Å². The Morgan fingerprint density at radius 2 is 1.74 bits per heavy atom. The number of nitrogens with zero attached hydrogens (tertiary/aromatic N) is 3. The number of hydrogen-bond acceptors (Lipinski definition) is 11. The molecule has 1 fully saturated rings. The summed E-state index contributed by atoms with van der Waals surface area (Å²) >= 11 is 7.37. The van der Waals surface area contributed by atoms with Gasteiger partial charge in [-0.2, -0.15) is 0 Å². The average molecular weight is 699 g/mol. The molecule has 5 rings (SSSR count). The first-order chi connectivity index (χ1) is 22.5. The van der Waals surface area contributed by atoms with E-state index in [2.05, 4.69) is 15.5 Å². The largest absolute Gasteiger partial charge is 0.457 e. The van der Waals surface area contributed by atoms with Gasteiger partial charge < -0.3 is 19.6 Å². The number of esters is 2. The van der Waals surface area contributed by atoms with Crippen molar-refractivity contribution in [2.24, 2.45) is 5.16 Å². The molecule has 3 atom stereocenters. The third-order valence-electron chi connectivity index (χ3n) is 6.92. The molecule has 2 unspecified atom stereocenters. The average Bonchev–Trinajstić information content (AvgIpc) is 3.58. The Morgan fingerprint density at radius 1 is 1.11 bits per heavy atom. The van der Waals surface area contributed by atoms with E-state index < -0.39 is 64.3 Å². The number of rotatable bonds is 11. The summed E-state index contributed by atoms with van der Waals surface area (Å²) in [6.07, 6.45) is -0.802. The van der Waals surface area contributed by atoms with Gasteiger partial charge in [-0.05, 0) is 37.5 Å². The molecule has 0 aliphatic carbocycles. The summed E-state index contributed by atoms with van der Waals surface area (Å²) < 4.78 is 24.6. The third kappa shape index (κ3) is 7.77. The Bertz CT molecular complexity index is 1690. The Morgan fingerprint density at radius 3 is 2.30 bits per heavy atom. The lowest BCUT2D eigenvalue weighted by atomic mass is 10.0. The van der Waals surface area contributed by atoms with E-state index in [0.29, 0.717) is 11.1 Å². The van der Waals surface area contributed by atoms with Crippen molar-refractivity contribution in [2.45, 2.75) is 43.9 Å². The second-order valence-corrected chi connectivity index (χ2v) is 14.0. The van der Waals surface area contributed by atoms with Crippen LogP contribution in [-0.2, 0) is 44.3 Å². The summed E-state index contributed by atoms with van der Waals surface area (Å²) in [5.41, 5.74) is 2.12. The van der Waals surface area contributed by atoms with Crippen LogP contribution in [0.1, 0.15) is 43.7 Å². The van der Waals surface area contributed by atoms with Crippen molar-refractivity contribution in [3.63, 3.8) is 0 Å². The zero-order valence-electron chi connectivity index (χ0n) is 25.6. The highest BCUT2D eigenvalue weighted by Gasteiger charge is 2.57. The van der Waals surface area contributed by atoms with Gasteiger partial charge in [-0.1, -0.05) is 65.8 Å². The first-order valence-electron chi connectivity index (χ1n) is 14.4. The smallest absolute Gasteiger partial charge is 0.356 e. The molecule has 0 bridgehead atoms. The minimum atomic E-state index is -1.72. The summed E-state index contributed by atoms with van der Waals surface area (Å²) in [6, 6.07) is 17.0. The molecule has 0 radical (unpaired) electrons. The monoisotopic (exact) mass is 698 g/mol. The Hall–Kier alpha value is -4.40. The fraction of sp³-hybridized carbons (Fsp3) is 0.312. The topological polar surface area (TPSA) is 154 Å². The number of thiazole rings is 1. The van der Waals surface area contributed by atoms with Crippen LogP contribution >= 0.6 is 22.9 Å². The van der Waals surface area contributed by atoms with E-state index in [9.17, 15) is 23.4 Å². The van der Waals surface area contributed by atoms with Gasteiger partial charge in [-0.3, -0.25) is 18.7 Å². The van der Waals surface area contributed by atoms with Crippen molar-refractivity contribution >= 4 is 63.2 Å². The number of nitrogens with one attached hydrogen (secondary N) is 1. The maximum Gasteiger partial charge on any atom is 0.356 e. The molecule has 2 aliphatic heterocycles. The van der Waals surface area contributed by atoms with Gasteiger partial charge in [0.25, 0.3) is 11.8 Å². The summed E-state index contributed by atoms with van der Waals surface area (Å²) in [7, 11) is -1.72. The van der Waals surface area contributed by atoms with Gasteiger partial charge in [0.15, 0.2) is 11.8 Å². The van der Waals surface area contributed by atoms with Gasteiger partial charge in [0.1, 0.15) is 28.4 Å². The zero-order chi connectivity index (χ0) is 33.7. The minimum absolute atomic E-state index is 0.106. The molecule has 1 saturated heterocycles. The molecule has 2 aromatic carbocycles. The Labute approximate surface area is 282 Å².